The lowest BCUT2D eigenvalue weighted by atomic mass is 9.73. The molecule has 0 spiro atoms. The van der Waals surface area contributed by atoms with Crippen LogP contribution < -0.4 is 5.73 Å². The van der Waals surface area contributed by atoms with Crippen LogP contribution in [0.5, 0.6) is 0 Å². The number of rotatable bonds is 2. The summed E-state index contributed by atoms with van der Waals surface area (Å²) in [5.74, 6) is 0.0899. The fraction of sp³-hybridized carbons (Fsp3) is 0.533. The lowest BCUT2D eigenvalue weighted by Crippen LogP contribution is -2.31. The van der Waals surface area contributed by atoms with Crippen LogP contribution in [-0.4, -0.2) is 20.2 Å². The second-order valence-corrected chi connectivity index (χ2v) is 6.44. The van der Waals surface area contributed by atoms with Gasteiger partial charge < -0.3 is 5.73 Å². The molecule has 0 radical (unpaired) electrons. The Labute approximate surface area is 123 Å². The van der Waals surface area contributed by atoms with Crippen molar-refractivity contribution in [2.45, 2.75) is 45.6 Å². The molecule has 5 nitrogen and oxygen atoms in total. The summed E-state index contributed by atoms with van der Waals surface area (Å²) >= 11 is 0. The molecule has 1 aliphatic carbocycles. The first-order valence-corrected chi connectivity index (χ1v) is 7.32. The maximum Gasteiger partial charge on any atom is 0.185 e. The van der Waals surface area contributed by atoms with Gasteiger partial charge in [0.1, 0.15) is 5.82 Å². The van der Waals surface area contributed by atoms with E-state index in [4.69, 9.17) is 5.73 Å². The van der Waals surface area contributed by atoms with Gasteiger partial charge in [-0.1, -0.05) is 26.7 Å². The fourth-order valence-corrected chi connectivity index (χ4v) is 3.22. The van der Waals surface area contributed by atoms with E-state index in [0.29, 0.717) is 17.1 Å². The number of benzene rings is 1. The van der Waals surface area contributed by atoms with E-state index in [-0.39, 0.29) is 17.3 Å². The summed E-state index contributed by atoms with van der Waals surface area (Å²) in [5.41, 5.74) is 6.51. The first kappa shape index (κ1) is 14.0. The van der Waals surface area contributed by atoms with Gasteiger partial charge in [0.15, 0.2) is 5.82 Å². The summed E-state index contributed by atoms with van der Waals surface area (Å²) in [6.07, 6.45) is 4.51. The number of nitrogens with two attached hydrogens (primary N) is 1. The molecule has 6 heteroatoms. The van der Waals surface area contributed by atoms with Crippen molar-refractivity contribution in [2.75, 3.05) is 5.73 Å². The van der Waals surface area contributed by atoms with Crippen molar-refractivity contribution < 1.29 is 4.39 Å². The molecular weight excluding hydrogens is 269 g/mol. The molecular formula is C15H20FN5. The average Bonchev–Trinajstić information content (AvgIpc) is 2.87. The van der Waals surface area contributed by atoms with Crippen LogP contribution in [0.25, 0.3) is 11.4 Å². The standard InChI is InChI=1S/C15H20FN5/c1-15(2)8-4-3-5-13(15)21-14(18-19-20-21)11-7-6-10(17)9-12(11)16/h6-7,9,13H,3-5,8,17H2,1-2H3. The summed E-state index contributed by atoms with van der Waals surface area (Å²) in [6.45, 7) is 4.45. The summed E-state index contributed by atoms with van der Waals surface area (Å²) < 4.78 is 16.0. The highest BCUT2D eigenvalue weighted by atomic mass is 19.1. The second kappa shape index (κ2) is 5.09. The van der Waals surface area contributed by atoms with Gasteiger partial charge in [0.05, 0.1) is 11.6 Å². The largest absolute Gasteiger partial charge is 0.399 e. The van der Waals surface area contributed by atoms with E-state index in [1.165, 1.54) is 12.5 Å². The molecule has 3 rings (SSSR count). The molecule has 0 saturated heterocycles. The number of hydrogen-bond acceptors (Lipinski definition) is 4. The van der Waals surface area contributed by atoms with E-state index in [9.17, 15) is 4.39 Å². The van der Waals surface area contributed by atoms with Gasteiger partial charge in [-0.15, -0.1) is 5.10 Å². The number of halogens is 1. The smallest absolute Gasteiger partial charge is 0.185 e. The predicted molar refractivity (Wildman–Crippen MR) is 78.9 cm³/mol. The number of aromatic nitrogens is 4. The molecule has 2 N–H and O–H groups in total. The van der Waals surface area contributed by atoms with E-state index in [1.54, 1.807) is 16.8 Å². The zero-order valence-corrected chi connectivity index (χ0v) is 12.4. The van der Waals surface area contributed by atoms with Crippen molar-refractivity contribution in [3.8, 4) is 11.4 Å². The number of hydrogen-bond donors (Lipinski definition) is 1. The van der Waals surface area contributed by atoms with Crippen molar-refractivity contribution >= 4 is 5.69 Å². The molecule has 2 aromatic rings. The van der Waals surface area contributed by atoms with E-state index in [0.717, 1.165) is 19.3 Å². The third-order valence-corrected chi connectivity index (χ3v) is 4.47. The summed E-state index contributed by atoms with van der Waals surface area (Å²) in [5, 5.41) is 11.9. The van der Waals surface area contributed by atoms with Gasteiger partial charge in [0.25, 0.3) is 0 Å². The van der Waals surface area contributed by atoms with Gasteiger partial charge in [0, 0.05) is 5.69 Å². The molecule has 0 bridgehead atoms. The Morgan fingerprint density at radius 1 is 1.33 bits per heavy atom. The van der Waals surface area contributed by atoms with Crippen molar-refractivity contribution in [1.29, 1.82) is 0 Å². The number of nitrogens with zero attached hydrogens (tertiary/aromatic N) is 4. The van der Waals surface area contributed by atoms with Crippen LogP contribution in [0.1, 0.15) is 45.6 Å². The summed E-state index contributed by atoms with van der Waals surface area (Å²) in [6, 6.07) is 4.81. The predicted octanol–water partition coefficient (Wildman–Crippen LogP) is 3.20. The Hall–Kier alpha value is -1.98. The Kier molecular flexibility index (Phi) is 3.39. The molecule has 1 unspecified atom stereocenters. The van der Waals surface area contributed by atoms with Crippen LogP contribution in [0.2, 0.25) is 0 Å². The molecule has 21 heavy (non-hydrogen) atoms. The van der Waals surface area contributed by atoms with Gasteiger partial charge in [-0.25, -0.2) is 9.07 Å². The first-order chi connectivity index (χ1) is 9.99. The molecule has 1 saturated carbocycles. The van der Waals surface area contributed by atoms with E-state index >= 15 is 0 Å². The summed E-state index contributed by atoms with van der Waals surface area (Å²) in [4.78, 5) is 0. The molecule has 1 fully saturated rings. The average molecular weight is 289 g/mol. The lowest BCUT2D eigenvalue weighted by molar-refractivity contribution is 0.132. The van der Waals surface area contributed by atoms with Crippen LogP contribution in [0.4, 0.5) is 10.1 Å². The van der Waals surface area contributed by atoms with Crippen molar-refractivity contribution in [3.05, 3.63) is 24.0 Å². The lowest BCUT2D eigenvalue weighted by Gasteiger charge is -2.38. The molecule has 1 aliphatic rings. The van der Waals surface area contributed by atoms with Gasteiger partial charge in [-0.05, 0) is 46.9 Å². The number of anilines is 1. The highest BCUT2D eigenvalue weighted by Crippen LogP contribution is 2.44. The summed E-state index contributed by atoms with van der Waals surface area (Å²) in [7, 11) is 0. The Morgan fingerprint density at radius 3 is 2.86 bits per heavy atom. The SMILES string of the molecule is CC1(C)CCCCC1n1nnnc1-c1ccc(N)cc1F. The maximum atomic E-state index is 14.2. The quantitative estimate of drug-likeness (QED) is 0.862. The van der Waals surface area contributed by atoms with Crippen LogP contribution >= 0.6 is 0 Å². The molecule has 0 amide bonds. The van der Waals surface area contributed by atoms with E-state index in [2.05, 4.69) is 29.4 Å². The highest BCUT2D eigenvalue weighted by molar-refractivity contribution is 5.59. The van der Waals surface area contributed by atoms with Crippen molar-refractivity contribution in [2.24, 2.45) is 5.41 Å². The minimum absolute atomic E-state index is 0.104. The molecule has 1 aromatic carbocycles. The topological polar surface area (TPSA) is 69.6 Å². The van der Waals surface area contributed by atoms with Crippen LogP contribution in [0.3, 0.4) is 0 Å². The molecule has 1 aromatic heterocycles. The molecule has 112 valence electrons. The maximum absolute atomic E-state index is 14.2. The molecule has 1 atom stereocenters. The normalized spacial score (nSPS) is 21.4. The third kappa shape index (κ3) is 2.50. The van der Waals surface area contributed by atoms with E-state index in [1.807, 2.05) is 0 Å². The second-order valence-electron chi connectivity index (χ2n) is 6.44. The van der Waals surface area contributed by atoms with Crippen LogP contribution in [0, 0.1) is 11.2 Å². The van der Waals surface area contributed by atoms with Crippen LogP contribution in [-0.2, 0) is 0 Å². The van der Waals surface area contributed by atoms with Crippen molar-refractivity contribution in [3.63, 3.8) is 0 Å². The number of tetrazole rings is 1. The van der Waals surface area contributed by atoms with Crippen molar-refractivity contribution in [1.82, 2.24) is 20.2 Å². The van der Waals surface area contributed by atoms with E-state index < -0.39 is 0 Å². The Bertz CT molecular complexity index is 649. The highest BCUT2D eigenvalue weighted by Gasteiger charge is 2.36. The van der Waals surface area contributed by atoms with Gasteiger partial charge in [0.2, 0.25) is 0 Å². The first-order valence-electron chi connectivity index (χ1n) is 7.32. The fourth-order valence-electron chi connectivity index (χ4n) is 3.22. The molecule has 0 aliphatic heterocycles. The van der Waals surface area contributed by atoms with Gasteiger partial charge in [-0.3, -0.25) is 0 Å². The third-order valence-electron chi connectivity index (χ3n) is 4.47. The Balaban J connectivity index is 2.05. The monoisotopic (exact) mass is 289 g/mol. The van der Waals surface area contributed by atoms with Gasteiger partial charge >= 0.3 is 0 Å². The zero-order chi connectivity index (χ0) is 15.0. The van der Waals surface area contributed by atoms with Gasteiger partial charge in [-0.2, -0.15) is 0 Å². The van der Waals surface area contributed by atoms with Crippen LogP contribution in [0.15, 0.2) is 18.2 Å². The zero-order valence-electron chi connectivity index (χ0n) is 12.4. The minimum atomic E-state index is -0.389. The number of nitrogen functional groups attached to an aromatic ring is 1. The minimum Gasteiger partial charge on any atom is -0.399 e. The molecule has 1 heterocycles. The Morgan fingerprint density at radius 2 is 2.14 bits per heavy atom.